The molecule has 1 aromatic rings. The van der Waals surface area contributed by atoms with Crippen LogP contribution in [0.4, 0.5) is 0 Å². The van der Waals surface area contributed by atoms with Crippen molar-refractivity contribution >= 4 is 17.5 Å². The van der Waals surface area contributed by atoms with E-state index in [-0.39, 0.29) is 11.8 Å². The fraction of sp³-hybridized carbons (Fsp3) is 0.417. The molecule has 3 nitrogen and oxygen atoms in total. The molecule has 1 saturated carbocycles. The fourth-order valence-electron chi connectivity index (χ4n) is 1.92. The maximum Gasteiger partial charge on any atom is 0.223 e. The lowest BCUT2D eigenvalue weighted by Crippen LogP contribution is -2.30. The standard InChI is InChI=1S/C12H15ClN2O/c13-9-3-1-2-8(6-9)10-7-11(10)12(16)15-5-4-14/h1-3,6,10-11H,4-5,7,14H2,(H,15,16). The third-order valence-corrected chi connectivity index (χ3v) is 3.08. The van der Waals surface area contributed by atoms with Gasteiger partial charge >= 0.3 is 0 Å². The Morgan fingerprint density at radius 3 is 3.06 bits per heavy atom. The van der Waals surface area contributed by atoms with Crippen molar-refractivity contribution in [2.45, 2.75) is 12.3 Å². The van der Waals surface area contributed by atoms with E-state index in [0.29, 0.717) is 19.0 Å². The average molecular weight is 239 g/mol. The summed E-state index contributed by atoms with van der Waals surface area (Å²) in [7, 11) is 0. The summed E-state index contributed by atoms with van der Waals surface area (Å²) in [5.41, 5.74) is 6.48. The van der Waals surface area contributed by atoms with Gasteiger partial charge in [0.2, 0.25) is 5.91 Å². The van der Waals surface area contributed by atoms with Crippen LogP contribution < -0.4 is 11.1 Å². The zero-order chi connectivity index (χ0) is 11.5. The number of hydrogen-bond donors (Lipinski definition) is 2. The molecule has 86 valence electrons. The summed E-state index contributed by atoms with van der Waals surface area (Å²) < 4.78 is 0. The van der Waals surface area contributed by atoms with Crippen LogP contribution in [0.2, 0.25) is 5.02 Å². The van der Waals surface area contributed by atoms with E-state index in [2.05, 4.69) is 5.32 Å². The highest BCUT2D eigenvalue weighted by Crippen LogP contribution is 2.47. The zero-order valence-electron chi connectivity index (χ0n) is 8.95. The largest absolute Gasteiger partial charge is 0.355 e. The molecule has 1 aromatic carbocycles. The van der Waals surface area contributed by atoms with Crippen molar-refractivity contribution in [2.75, 3.05) is 13.1 Å². The van der Waals surface area contributed by atoms with E-state index in [9.17, 15) is 4.79 Å². The van der Waals surface area contributed by atoms with Crippen LogP contribution in [-0.4, -0.2) is 19.0 Å². The Kier molecular flexibility index (Phi) is 3.46. The van der Waals surface area contributed by atoms with Crippen molar-refractivity contribution in [3.05, 3.63) is 34.9 Å². The Bertz CT molecular complexity index is 394. The number of nitrogens with one attached hydrogen (secondary N) is 1. The highest BCUT2D eigenvalue weighted by atomic mass is 35.5. The molecular formula is C12H15ClN2O. The first-order chi connectivity index (χ1) is 7.72. The van der Waals surface area contributed by atoms with Crippen LogP contribution in [0.3, 0.4) is 0 Å². The van der Waals surface area contributed by atoms with Gasteiger partial charge in [0.1, 0.15) is 0 Å². The molecule has 2 rings (SSSR count). The first-order valence-corrected chi connectivity index (χ1v) is 5.83. The van der Waals surface area contributed by atoms with E-state index in [4.69, 9.17) is 17.3 Å². The number of benzene rings is 1. The number of hydrogen-bond acceptors (Lipinski definition) is 2. The first kappa shape index (κ1) is 11.4. The van der Waals surface area contributed by atoms with Crippen molar-refractivity contribution in [3.8, 4) is 0 Å². The number of carbonyl (C=O) groups is 1. The zero-order valence-corrected chi connectivity index (χ0v) is 9.70. The van der Waals surface area contributed by atoms with Crippen molar-refractivity contribution in [3.63, 3.8) is 0 Å². The van der Waals surface area contributed by atoms with Gasteiger partial charge in [-0.15, -0.1) is 0 Å². The number of rotatable bonds is 4. The van der Waals surface area contributed by atoms with Crippen molar-refractivity contribution in [2.24, 2.45) is 11.7 Å². The summed E-state index contributed by atoms with van der Waals surface area (Å²) >= 11 is 5.91. The Morgan fingerprint density at radius 2 is 2.38 bits per heavy atom. The Morgan fingerprint density at radius 1 is 1.56 bits per heavy atom. The first-order valence-electron chi connectivity index (χ1n) is 5.45. The minimum absolute atomic E-state index is 0.102. The van der Waals surface area contributed by atoms with E-state index in [0.717, 1.165) is 17.0 Å². The predicted octanol–water partition coefficient (Wildman–Crippen LogP) is 1.52. The molecule has 1 aliphatic carbocycles. The van der Waals surface area contributed by atoms with E-state index in [1.54, 1.807) is 0 Å². The third-order valence-electron chi connectivity index (χ3n) is 2.85. The second kappa shape index (κ2) is 4.85. The molecule has 16 heavy (non-hydrogen) atoms. The molecule has 0 saturated heterocycles. The van der Waals surface area contributed by atoms with Crippen LogP contribution in [0, 0.1) is 5.92 Å². The minimum atomic E-state index is 0.102. The molecule has 1 aliphatic rings. The van der Waals surface area contributed by atoms with Gasteiger partial charge in [-0.1, -0.05) is 23.7 Å². The quantitative estimate of drug-likeness (QED) is 0.836. The molecule has 0 radical (unpaired) electrons. The van der Waals surface area contributed by atoms with Crippen molar-refractivity contribution in [1.29, 1.82) is 0 Å². The summed E-state index contributed by atoms with van der Waals surface area (Å²) in [6, 6.07) is 7.72. The fourth-order valence-corrected chi connectivity index (χ4v) is 2.12. The maximum absolute atomic E-state index is 11.6. The molecule has 0 bridgehead atoms. The lowest BCUT2D eigenvalue weighted by Gasteiger charge is -2.03. The lowest BCUT2D eigenvalue weighted by atomic mass is 10.1. The Hall–Kier alpha value is -1.06. The molecule has 3 N–H and O–H groups in total. The molecule has 1 amide bonds. The minimum Gasteiger partial charge on any atom is -0.355 e. The predicted molar refractivity (Wildman–Crippen MR) is 64.4 cm³/mol. The van der Waals surface area contributed by atoms with Gasteiger partial charge in [-0.3, -0.25) is 4.79 Å². The lowest BCUT2D eigenvalue weighted by molar-refractivity contribution is -0.122. The van der Waals surface area contributed by atoms with Gasteiger partial charge in [0, 0.05) is 24.0 Å². The second-order valence-electron chi connectivity index (χ2n) is 4.08. The van der Waals surface area contributed by atoms with Crippen LogP contribution in [0.1, 0.15) is 17.9 Å². The van der Waals surface area contributed by atoms with Gasteiger partial charge in [-0.05, 0) is 30.0 Å². The molecule has 0 heterocycles. The average Bonchev–Trinajstić information content (AvgIpc) is 3.06. The summed E-state index contributed by atoms with van der Waals surface area (Å²) in [4.78, 5) is 11.6. The van der Waals surface area contributed by atoms with Gasteiger partial charge in [-0.2, -0.15) is 0 Å². The van der Waals surface area contributed by atoms with E-state index < -0.39 is 0 Å². The Balaban J connectivity index is 1.93. The van der Waals surface area contributed by atoms with Gasteiger partial charge in [0.15, 0.2) is 0 Å². The van der Waals surface area contributed by atoms with Crippen LogP contribution in [0.5, 0.6) is 0 Å². The SMILES string of the molecule is NCCNC(=O)C1CC1c1cccc(Cl)c1. The van der Waals surface area contributed by atoms with E-state index in [1.165, 1.54) is 0 Å². The topological polar surface area (TPSA) is 55.1 Å². The smallest absolute Gasteiger partial charge is 0.223 e. The molecule has 0 aromatic heterocycles. The van der Waals surface area contributed by atoms with Crippen molar-refractivity contribution < 1.29 is 4.79 Å². The second-order valence-corrected chi connectivity index (χ2v) is 4.52. The highest BCUT2D eigenvalue weighted by molar-refractivity contribution is 6.30. The van der Waals surface area contributed by atoms with Crippen LogP contribution >= 0.6 is 11.6 Å². The maximum atomic E-state index is 11.6. The molecule has 0 aliphatic heterocycles. The summed E-state index contributed by atoms with van der Waals surface area (Å²) in [5, 5.41) is 3.54. The number of halogens is 1. The number of nitrogens with two attached hydrogens (primary N) is 1. The van der Waals surface area contributed by atoms with E-state index >= 15 is 0 Å². The van der Waals surface area contributed by atoms with Gasteiger partial charge in [0.25, 0.3) is 0 Å². The monoisotopic (exact) mass is 238 g/mol. The number of carbonyl (C=O) groups excluding carboxylic acids is 1. The molecule has 1 fully saturated rings. The van der Waals surface area contributed by atoms with E-state index in [1.807, 2.05) is 24.3 Å². The van der Waals surface area contributed by atoms with Crippen LogP contribution in [0.25, 0.3) is 0 Å². The Labute approximate surface area is 100.0 Å². The van der Waals surface area contributed by atoms with Gasteiger partial charge in [0.05, 0.1) is 0 Å². The molecule has 0 spiro atoms. The number of amides is 1. The molecule has 4 heteroatoms. The van der Waals surface area contributed by atoms with Crippen molar-refractivity contribution in [1.82, 2.24) is 5.32 Å². The summed E-state index contributed by atoms with van der Waals surface area (Å²) in [6.45, 7) is 1.04. The third kappa shape index (κ3) is 2.54. The summed E-state index contributed by atoms with van der Waals surface area (Å²) in [6.07, 6.45) is 0.913. The van der Waals surface area contributed by atoms with Gasteiger partial charge < -0.3 is 11.1 Å². The molecular weight excluding hydrogens is 224 g/mol. The normalized spacial score (nSPS) is 22.9. The van der Waals surface area contributed by atoms with Crippen LogP contribution in [0.15, 0.2) is 24.3 Å². The molecule has 2 atom stereocenters. The summed E-state index contributed by atoms with van der Waals surface area (Å²) in [5.74, 6) is 0.539. The molecule has 2 unspecified atom stereocenters. The van der Waals surface area contributed by atoms with Gasteiger partial charge in [-0.25, -0.2) is 0 Å². The highest BCUT2D eigenvalue weighted by Gasteiger charge is 2.43. The van der Waals surface area contributed by atoms with Crippen LogP contribution in [-0.2, 0) is 4.79 Å².